The highest BCUT2D eigenvalue weighted by Gasteiger charge is 2.88. The highest BCUT2D eigenvalue weighted by atomic mass is 79.9. The number of para-hydroxylation sites is 1. The van der Waals surface area contributed by atoms with Gasteiger partial charge in [-0.1, -0.05) is 156 Å². The Morgan fingerprint density at radius 3 is 1.10 bits per heavy atom. The van der Waals surface area contributed by atoms with E-state index in [-0.39, 0.29) is 17.5 Å². The molecule has 0 spiro atoms. The molecule has 0 N–H and O–H groups in total. The Balaban J connectivity index is 0.000000259. The van der Waals surface area contributed by atoms with E-state index in [4.69, 9.17) is 23.7 Å². The molecule has 5 aromatic carbocycles. The number of halogens is 23. The zero-order valence-electron chi connectivity index (χ0n) is 33.9. The first-order chi connectivity index (χ1) is 33.4. The van der Waals surface area contributed by atoms with Crippen LogP contribution in [0.2, 0.25) is 0 Å². The summed E-state index contributed by atoms with van der Waals surface area (Å²) < 4.78 is 34.9. The minimum absolute atomic E-state index is 0.0353. The molecule has 1 aliphatic rings. The highest BCUT2D eigenvalue weighted by molar-refractivity contribution is 9.35. The first-order valence-corrected chi connectivity index (χ1v) is 36.4. The number of rotatable bonds is 10. The van der Waals surface area contributed by atoms with Crippen molar-refractivity contribution in [3.05, 3.63) is 144 Å². The summed E-state index contributed by atoms with van der Waals surface area (Å²) in [4.78, 5) is 0. The first kappa shape index (κ1) is 67.7. The van der Waals surface area contributed by atoms with E-state index in [1.165, 1.54) is 0 Å². The molecule has 8 nitrogen and oxygen atoms in total. The summed E-state index contributed by atoms with van der Waals surface area (Å²) >= 11 is 84.7. The number of hydrogen-bond acceptors (Lipinski definition) is 8. The second-order valence-electron chi connectivity index (χ2n) is 13.4. The molecule has 1 heterocycles. The lowest BCUT2D eigenvalue weighted by Gasteiger charge is -2.65. The van der Waals surface area contributed by atoms with E-state index in [1.54, 1.807) is 18.2 Å². The average Bonchev–Trinajstić information content (AvgIpc) is 3.34. The van der Waals surface area contributed by atoms with Crippen LogP contribution in [0.4, 0.5) is 0 Å². The van der Waals surface area contributed by atoms with Gasteiger partial charge in [0, 0.05) is 35.8 Å². The standard InChI is InChI=1S/C21H6Br9N3O3.C18H6Br14O2.C2H4/c22-7-1-4-10(16(28)13(7)25)34-19-20(35-11-5-2-8(23)14(26)17(11)29)31-33-32-21(19)36-12-6-3-9(24)15(27)18(12)30;19-8-6-9(11(21)12(22)10(8)20)34-18(32)16(29,30)14(25,26)13(23,24)15(27,28)17(18,31)33-7-4-2-1-3-5-7;1-2/h1-6H;1-6H;1-2H2. The van der Waals surface area contributed by atoms with Crippen LogP contribution in [-0.4, -0.2) is 37.4 Å². The fourth-order valence-corrected chi connectivity index (χ4v) is 22.5. The zero-order valence-corrected chi connectivity index (χ0v) is 70.4. The molecule has 31 heteroatoms. The minimum Gasteiger partial charge on any atom is -0.468 e. The third-order valence-electron chi connectivity index (χ3n) is 9.01. The molecule has 6 aromatic rings. The molecule has 7 rings (SSSR count). The normalized spacial score (nSPS) is 19.2. The predicted octanol–water partition coefficient (Wildman–Crippen LogP) is 26.2. The molecule has 1 aromatic heterocycles. The average molecular weight is 2470 g/mol. The molecule has 1 fully saturated rings. The Morgan fingerprint density at radius 1 is 0.347 bits per heavy atom. The SMILES string of the molecule is Brc1cc(OC2(Br)C(Br)(Br)C(Br)(Br)C(Br)(Br)C(Br)(Br)C2(Br)Oc2ccccc2)c(Br)c(Br)c1Br.Brc1ccc(Oc2nnnc(Oc3ccc(Br)c(Br)c3Br)c2Oc2ccc(Br)c(Br)c2Br)c(Br)c1Br.C=C. The van der Waals surface area contributed by atoms with E-state index >= 15 is 0 Å². The molecule has 2 atom stereocenters. The summed E-state index contributed by atoms with van der Waals surface area (Å²) in [5.74, 6) is 2.66. The van der Waals surface area contributed by atoms with Crippen molar-refractivity contribution < 1.29 is 23.7 Å². The Labute approximate surface area is 606 Å². The van der Waals surface area contributed by atoms with Gasteiger partial charge in [0.25, 0.3) is 17.5 Å². The summed E-state index contributed by atoms with van der Waals surface area (Å²) in [6, 6.07) is 22.0. The number of aromatic nitrogens is 3. The maximum absolute atomic E-state index is 6.82. The molecule has 386 valence electrons. The van der Waals surface area contributed by atoms with Crippen molar-refractivity contribution in [2.24, 2.45) is 0 Å². The van der Waals surface area contributed by atoms with Crippen LogP contribution < -0.4 is 23.7 Å². The van der Waals surface area contributed by atoms with Gasteiger partial charge in [-0.2, -0.15) is 0 Å². The molecule has 72 heavy (non-hydrogen) atoms. The van der Waals surface area contributed by atoms with Crippen LogP contribution in [0.25, 0.3) is 0 Å². The number of benzene rings is 5. The van der Waals surface area contributed by atoms with Gasteiger partial charge >= 0.3 is 0 Å². The van der Waals surface area contributed by atoms with Crippen LogP contribution in [0.15, 0.2) is 144 Å². The monoisotopic (exact) mass is 2450 g/mol. The smallest absolute Gasteiger partial charge is 0.290 e. The van der Waals surface area contributed by atoms with Crippen LogP contribution in [-0.2, 0) is 0 Å². The van der Waals surface area contributed by atoms with E-state index in [2.05, 4.69) is 395 Å². The topological polar surface area (TPSA) is 84.8 Å². The lowest BCUT2D eigenvalue weighted by atomic mass is 9.92. The molecule has 1 saturated carbocycles. The summed E-state index contributed by atoms with van der Waals surface area (Å²) in [7, 11) is 0. The Morgan fingerprint density at radius 2 is 0.694 bits per heavy atom. The molecule has 0 radical (unpaired) electrons. The van der Waals surface area contributed by atoms with Crippen molar-refractivity contribution in [2.75, 3.05) is 0 Å². The molecular weight excluding hydrogens is 2450 g/mol. The van der Waals surface area contributed by atoms with Crippen molar-refractivity contribution in [1.82, 2.24) is 15.4 Å². The van der Waals surface area contributed by atoms with Crippen LogP contribution in [0.5, 0.6) is 46.3 Å². The summed E-state index contributed by atoms with van der Waals surface area (Å²) in [5.41, 5.74) is 0. The third kappa shape index (κ3) is 13.5. The molecular formula is C41H16Br23N3O5. The fraction of sp³-hybridized carbons (Fsp3) is 0.146. The van der Waals surface area contributed by atoms with Gasteiger partial charge in [-0.3, -0.25) is 0 Å². The number of nitrogens with zero attached hydrogens (tertiary/aromatic N) is 3. The molecule has 0 saturated heterocycles. The second kappa shape index (κ2) is 27.7. The van der Waals surface area contributed by atoms with Gasteiger partial charge in [0.1, 0.15) is 35.2 Å². The molecule has 1 aliphatic carbocycles. The lowest BCUT2D eigenvalue weighted by molar-refractivity contribution is -0.0161. The quantitative estimate of drug-likeness (QED) is 0.0580. The van der Waals surface area contributed by atoms with E-state index in [1.807, 2.05) is 54.6 Å². The maximum Gasteiger partial charge on any atom is 0.290 e. The molecule has 2 unspecified atom stereocenters. The van der Waals surface area contributed by atoms with Crippen molar-refractivity contribution in [2.45, 2.75) is 22.0 Å². The fourth-order valence-electron chi connectivity index (χ4n) is 5.48. The third-order valence-corrected chi connectivity index (χ3v) is 44.7. The minimum atomic E-state index is -1.41. The van der Waals surface area contributed by atoms with Crippen molar-refractivity contribution in [3.63, 3.8) is 0 Å². The largest absolute Gasteiger partial charge is 0.468 e. The summed E-state index contributed by atoms with van der Waals surface area (Å²) in [5, 5.41) is 12.0. The molecule has 0 aliphatic heterocycles. The van der Waals surface area contributed by atoms with E-state index in [0.29, 0.717) is 46.6 Å². The van der Waals surface area contributed by atoms with Gasteiger partial charge in [-0.15, -0.1) is 13.2 Å². The Kier molecular flexibility index (Phi) is 26.1. The van der Waals surface area contributed by atoms with Crippen molar-refractivity contribution >= 4 is 366 Å². The lowest BCUT2D eigenvalue weighted by Crippen LogP contribution is -2.83. The predicted molar refractivity (Wildman–Crippen MR) is 371 cm³/mol. The summed E-state index contributed by atoms with van der Waals surface area (Å²) in [6.07, 6.45) is 0. The highest BCUT2D eigenvalue weighted by Crippen LogP contribution is 2.80. The number of hydrogen-bond donors (Lipinski definition) is 0. The van der Waals surface area contributed by atoms with Crippen LogP contribution in [0.3, 0.4) is 0 Å². The van der Waals surface area contributed by atoms with Gasteiger partial charge in [0.15, 0.2) is 6.47 Å². The van der Waals surface area contributed by atoms with Crippen LogP contribution >= 0.6 is 366 Å². The van der Waals surface area contributed by atoms with Gasteiger partial charge in [-0.05, 0) is 299 Å². The number of alkyl halides is 10. The second-order valence-corrected chi connectivity index (χ2v) is 39.9. The van der Waals surface area contributed by atoms with Crippen molar-refractivity contribution in [3.8, 4) is 46.3 Å². The maximum atomic E-state index is 6.82. The van der Waals surface area contributed by atoms with Gasteiger partial charge in [-0.25, -0.2) is 0 Å². The number of ether oxygens (including phenoxy) is 5. The van der Waals surface area contributed by atoms with Gasteiger partial charge in [0.2, 0.25) is 9.02 Å². The first-order valence-electron chi connectivity index (χ1n) is 18.2. The van der Waals surface area contributed by atoms with Crippen LogP contribution in [0, 0.1) is 0 Å². The van der Waals surface area contributed by atoms with Gasteiger partial charge in [0.05, 0.1) is 22.4 Å². The summed E-state index contributed by atoms with van der Waals surface area (Å²) in [6.45, 7) is 6.00. The van der Waals surface area contributed by atoms with Crippen LogP contribution in [0.1, 0.15) is 0 Å². The Hall–Kier alpha value is 4.89. The molecule has 0 bridgehead atoms. The van der Waals surface area contributed by atoms with E-state index < -0.39 is 22.0 Å². The van der Waals surface area contributed by atoms with Crippen molar-refractivity contribution in [1.29, 1.82) is 0 Å². The Bertz CT molecular complexity index is 2930. The van der Waals surface area contributed by atoms with E-state index in [0.717, 1.165) is 40.3 Å². The van der Waals surface area contributed by atoms with Gasteiger partial charge < -0.3 is 23.7 Å². The molecule has 0 amide bonds. The van der Waals surface area contributed by atoms with E-state index in [9.17, 15) is 0 Å². The zero-order chi connectivity index (χ0) is 54.3.